The first kappa shape index (κ1) is 22.5. The van der Waals surface area contributed by atoms with Crippen molar-refractivity contribution in [2.24, 2.45) is 0 Å². The molecule has 0 unspecified atom stereocenters. The second-order valence-corrected chi connectivity index (χ2v) is 11.1. The van der Waals surface area contributed by atoms with E-state index in [-0.39, 0.29) is 46.8 Å². The number of fused-ring (bicyclic) bond motifs is 1. The maximum absolute atomic E-state index is 13.1. The molecule has 2 aliphatic rings. The third-order valence-corrected chi connectivity index (χ3v) is 9.25. The molecule has 0 bridgehead atoms. The van der Waals surface area contributed by atoms with E-state index in [9.17, 15) is 18.5 Å². The zero-order valence-corrected chi connectivity index (χ0v) is 19.6. The second-order valence-electron chi connectivity index (χ2n) is 7.26. The minimum absolute atomic E-state index is 0.0202. The van der Waals surface area contributed by atoms with Crippen LogP contribution >= 0.6 is 34.5 Å². The summed E-state index contributed by atoms with van der Waals surface area (Å²) in [5.74, 6) is -0.588. The van der Waals surface area contributed by atoms with E-state index in [0.717, 1.165) is 36.1 Å². The number of nitriles is 1. The number of carbonyl (C=O) groups is 1. The van der Waals surface area contributed by atoms with Crippen molar-refractivity contribution in [3.63, 3.8) is 0 Å². The molecular formula is C20H19Cl2N3O4S2. The van der Waals surface area contributed by atoms with Gasteiger partial charge < -0.3 is 10.1 Å². The molecule has 1 aromatic carbocycles. The van der Waals surface area contributed by atoms with Crippen LogP contribution in [0.5, 0.6) is 0 Å². The van der Waals surface area contributed by atoms with E-state index in [1.54, 1.807) is 0 Å². The lowest BCUT2D eigenvalue weighted by Crippen LogP contribution is -2.40. The Bertz CT molecular complexity index is 1180. The summed E-state index contributed by atoms with van der Waals surface area (Å²) >= 11 is 13.8. The Hall–Kier alpha value is -1.67. The third-order valence-electron chi connectivity index (χ3n) is 5.36. The van der Waals surface area contributed by atoms with Gasteiger partial charge in [-0.2, -0.15) is 9.57 Å². The predicted molar refractivity (Wildman–Crippen MR) is 120 cm³/mol. The molecule has 1 aliphatic heterocycles. The largest absolute Gasteiger partial charge is 0.379 e. The van der Waals surface area contributed by atoms with Crippen LogP contribution in [0, 0.1) is 11.3 Å². The molecule has 31 heavy (non-hydrogen) atoms. The van der Waals surface area contributed by atoms with Crippen molar-refractivity contribution in [1.82, 2.24) is 4.31 Å². The van der Waals surface area contributed by atoms with Crippen molar-refractivity contribution in [3.8, 4) is 6.07 Å². The van der Waals surface area contributed by atoms with Gasteiger partial charge in [0.25, 0.3) is 5.91 Å². The molecule has 2 heterocycles. The Labute approximate surface area is 194 Å². The number of hydrogen-bond donors (Lipinski definition) is 1. The van der Waals surface area contributed by atoms with Crippen LogP contribution < -0.4 is 5.32 Å². The van der Waals surface area contributed by atoms with Crippen LogP contribution in [0.3, 0.4) is 0 Å². The highest BCUT2D eigenvalue weighted by Gasteiger charge is 2.30. The van der Waals surface area contributed by atoms with Gasteiger partial charge >= 0.3 is 0 Å². The van der Waals surface area contributed by atoms with Crippen LogP contribution in [0.1, 0.15) is 39.2 Å². The topological polar surface area (TPSA) is 99.5 Å². The summed E-state index contributed by atoms with van der Waals surface area (Å²) in [6, 6.07) is 4.65. The smallest absolute Gasteiger partial charge is 0.257 e. The highest BCUT2D eigenvalue weighted by atomic mass is 35.5. The Kier molecular flexibility index (Phi) is 6.58. The van der Waals surface area contributed by atoms with Crippen molar-refractivity contribution in [3.05, 3.63) is 43.7 Å². The molecule has 0 saturated carbocycles. The van der Waals surface area contributed by atoms with Gasteiger partial charge in [-0.25, -0.2) is 8.42 Å². The van der Waals surface area contributed by atoms with E-state index >= 15 is 0 Å². The standard InChI is InChI=1S/C20H19Cl2N3O4S2/c21-15-10-16(22)18(31(27,28)25-5-7-29-8-6-25)9-13(15)19(26)24-20-14(11-23)12-3-1-2-4-17(12)30-20/h9-10H,1-8H2,(H,24,26). The minimum Gasteiger partial charge on any atom is -0.379 e. The Morgan fingerprint density at radius 1 is 1.16 bits per heavy atom. The van der Waals surface area contributed by atoms with E-state index in [2.05, 4.69) is 11.4 Å². The van der Waals surface area contributed by atoms with Gasteiger partial charge in [0, 0.05) is 18.0 Å². The van der Waals surface area contributed by atoms with E-state index in [4.69, 9.17) is 27.9 Å². The number of aryl methyl sites for hydroxylation is 1. The molecule has 1 N–H and O–H groups in total. The van der Waals surface area contributed by atoms with Crippen LogP contribution in [-0.2, 0) is 27.6 Å². The molecular weight excluding hydrogens is 481 g/mol. The highest BCUT2D eigenvalue weighted by molar-refractivity contribution is 7.89. The molecule has 0 spiro atoms. The van der Waals surface area contributed by atoms with Crippen molar-refractivity contribution in [2.45, 2.75) is 30.6 Å². The summed E-state index contributed by atoms with van der Waals surface area (Å²) in [4.78, 5) is 13.9. The number of morpholine rings is 1. The van der Waals surface area contributed by atoms with Crippen LogP contribution in [0.4, 0.5) is 5.00 Å². The van der Waals surface area contributed by atoms with Gasteiger partial charge in [0.15, 0.2) is 0 Å². The van der Waals surface area contributed by atoms with Crippen molar-refractivity contribution in [1.29, 1.82) is 5.26 Å². The number of ether oxygens (including phenoxy) is 1. The summed E-state index contributed by atoms with van der Waals surface area (Å²) in [5, 5.41) is 12.8. The first-order valence-corrected chi connectivity index (χ1v) is 12.8. The number of halogens is 2. The maximum atomic E-state index is 13.1. The second kappa shape index (κ2) is 9.06. The number of hydrogen-bond acceptors (Lipinski definition) is 6. The van der Waals surface area contributed by atoms with Crippen LogP contribution in [-0.4, -0.2) is 44.9 Å². The SMILES string of the molecule is N#Cc1c(NC(=O)c2cc(S(=O)(=O)N3CCOCC3)c(Cl)cc2Cl)sc2c1CCCC2. The summed E-state index contributed by atoms with van der Waals surface area (Å²) in [5.41, 5.74) is 1.44. The normalized spacial score (nSPS) is 17.1. The number of nitrogens with zero attached hydrogens (tertiary/aromatic N) is 2. The number of sulfonamides is 1. The number of benzene rings is 1. The first-order valence-electron chi connectivity index (χ1n) is 9.76. The van der Waals surface area contributed by atoms with Crippen molar-refractivity contribution < 1.29 is 17.9 Å². The number of carbonyl (C=O) groups excluding carboxylic acids is 1. The Morgan fingerprint density at radius 2 is 1.87 bits per heavy atom. The lowest BCUT2D eigenvalue weighted by molar-refractivity contribution is 0.0730. The minimum atomic E-state index is -3.92. The van der Waals surface area contributed by atoms with Crippen LogP contribution in [0.15, 0.2) is 17.0 Å². The number of thiophene rings is 1. The van der Waals surface area contributed by atoms with Crippen molar-refractivity contribution >= 4 is 55.5 Å². The van der Waals surface area contributed by atoms with Gasteiger partial charge in [-0.05, 0) is 43.4 Å². The number of anilines is 1. The molecule has 0 radical (unpaired) electrons. The van der Waals surface area contributed by atoms with Gasteiger partial charge in [0.05, 0.1) is 34.4 Å². The quantitative estimate of drug-likeness (QED) is 0.682. The lowest BCUT2D eigenvalue weighted by atomic mass is 9.96. The number of nitrogens with one attached hydrogen (secondary N) is 1. The molecule has 11 heteroatoms. The molecule has 0 atom stereocenters. The van der Waals surface area contributed by atoms with Crippen LogP contribution in [0.25, 0.3) is 0 Å². The van der Waals surface area contributed by atoms with Gasteiger partial charge in [-0.15, -0.1) is 11.3 Å². The zero-order chi connectivity index (χ0) is 22.2. The molecule has 1 saturated heterocycles. The summed E-state index contributed by atoms with van der Waals surface area (Å²) in [6.45, 7) is 0.986. The van der Waals surface area contributed by atoms with E-state index in [0.29, 0.717) is 10.6 Å². The van der Waals surface area contributed by atoms with Crippen LogP contribution in [0.2, 0.25) is 10.0 Å². The fraction of sp³-hybridized carbons (Fsp3) is 0.400. The molecule has 4 rings (SSSR count). The maximum Gasteiger partial charge on any atom is 0.257 e. The highest BCUT2D eigenvalue weighted by Crippen LogP contribution is 2.38. The Morgan fingerprint density at radius 3 is 2.58 bits per heavy atom. The fourth-order valence-electron chi connectivity index (χ4n) is 3.77. The van der Waals surface area contributed by atoms with E-state index in [1.165, 1.54) is 27.8 Å². The lowest BCUT2D eigenvalue weighted by Gasteiger charge is -2.26. The number of rotatable bonds is 4. The monoisotopic (exact) mass is 499 g/mol. The molecule has 164 valence electrons. The third kappa shape index (κ3) is 4.33. The average molecular weight is 500 g/mol. The molecule has 7 nitrogen and oxygen atoms in total. The first-order chi connectivity index (χ1) is 14.8. The summed E-state index contributed by atoms with van der Waals surface area (Å²) in [6.07, 6.45) is 3.76. The van der Waals surface area contributed by atoms with Gasteiger partial charge in [0.1, 0.15) is 16.0 Å². The Balaban J connectivity index is 1.67. The fourth-order valence-corrected chi connectivity index (χ4v) is 7.25. The van der Waals surface area contributed by atoms with E-state index in [1.807, 2.05) is 0 Å². The van der Waals surface area contributed by atoms with E-state index < -0.39 is 15.9 Å². The molecule has 1 aromatic heterocycles. The van der Waals surface area contributed by atoms with Gasteiger partial charge in [-0.1, -0.05) is 23.2 Å². The molecule has 1 aliphatic carbocycles. The predicted octanol–water partition coefficient (Wildman–Crippen LogP) is 4.08. The molecule has 2 aromatic rings. The summed E-state index contributed by atoms with van der Waals surface area (Å²) in [7, 11) is -3.92. The number of amides is 1. The summed E-state index contributed by atoms with van der Waals surface area (Å²) < 4.78 is 32.6. The van der Waals surface area contributed by atoms with Gasteiger partial charge in [-0.3, -0.25) is 4.79 Å². The molecule has 1 amide bonds. The van der Waals surface area contributed by atoms with Crippen molar-refractivity contribution in [2.75, 3.05) is 31.6 Å². The van der Waals surface area contributed by atoms with Gasteiger partial charge in [0.2, 0.25) is 10.0 Å². The molecule has 1 fully saturated rings. The average Bonchev–Trinajstić information content (AvgIpc) is 3.11. The zero-order valence-electron chi connectivity index (χ0n) is 16.4.